The van der Waals surface area contributed by atoms with Gasteiger partial charge in [0.25, 0.3) is 5.91 Å². The highest BCUT2D eigenvalue weighted by Crippen LogP contribution is 2.31. The molecule has 2 aromatic carbocycles. The Labute approximate surface area is 188 Å². The minimum absolute atomic E-state index is 0.0439. The molecule has 0 saturated carbocycles. The zero-order valence-electron chi connectivity index (χ0n) is 18.9. The number of ether oxygens (including phenoxy) is 2. The minimum Gasteiger partial charge on any atom is -0.496 e. The number of rotatable bonds is 6. The number of benzene rings is 2. The van der Waals surface area contributed by atoms with Gasteiger partial charge in [-0.25, -0.2) is 4.79 Å². The van der Waals surface area contributed by atoms with E-state index in [-0.39, 0.29) is 18.4 Å². The minimum atomic E-state index is -0.455. The number of carbonyl (C=O) groups is 3. The molecule has 1 N–H and O–H groups in total. The van der Waals surface area contributed by atoms with Crippen molar-refractivity contribution in [3.05, 3.63) is 53.1 Å². The molecule has 1 saturated heterocycles. The van der Waals surface area contributed by atoms with E-state index >= 15 is 0 Å². The quantitative estimate of drug-likeness (QED) is 0.696. The number of aryl methyl sites for hydroxylation is 1. The Morgan fingerprint density at radius 2 is 1.78 bits per heavy atom. The van der Waals surface area contributed by atoms with Gasteiger partial charge in [-0.1, -0.05) is 12.1 Å². The van der Waals surface area contributed by atoms with Crippen molar-refractivity contribution in [3.8, 4) is 5.75 Å². The fourth-order valence-corrected chi connectivity index (χ4v) is 3.81. The first kappa shape index (κ1) is 23.1. The smallest absolute Gasteiger partial charge is 0.338 e. The zero-order chi connectivity index (χ0) is 23.3. The van der Waals surface area contributed by atoms with Gasteiger partial charge in [0.05, 0.1) is 36.2 Å². The molecular formula is C24H29N3O5. The molecule has 1 heterocycles. The van der Waals surface area contributed by atoms with E-state index < -0.39 is 5.97 Å². The number of anilines is 2. The summed E-state index contributed by atoms with van der Waals surface area (Å²) in [6.45, 7) is 7.86. The second-order valence-electron chi connectivity index (χ2n) is 7.56. The largest absolute Gasteiger partial charge is 0.496 e. The summed E-state index contributed by atoms with van der Waals surface area (Å²) in [4.78, 5) is 41.0. The third-order valence-corrected chi connectivity index (χ3v) is 5.48. The number of para-hydroxylation sites is 1. The molecule has 0 atom stereocenters. The van der Waals surface area contributed by atoms with Crippen LogP contribution in [-0.2, 0) is 9.53 Å². The second kappa shape index (κ2) is 10.2. The summed E-state index contributed by atoms with van der Waals surface area (Å²) in [6.07, 6.45) is 0. The molecule has 0 bridgehead atoms. The molecule has 2 amide bonds. The number of esters is 1. The third-order valence-electron chi connectivity index (χ3n) is 5.48. The second-order valence-corrected chi connectivity index (χ2v) is 7.56. The lowest BCUT2D eigenvalue weighted by Crippen LogP contribution is -2.48. The van der Waals surface area contributed by atoms with E-state index in [1.807, 2.05) is 13.0 Å². The molecule has 3 rings (SSSR count). The molecule has 2 aromatic rings. The summed E-state index contributed by atoms with van der Waals surface area (Å²) in [5, 5.41) is 2.95. The highest BCUT2D eigenvalue weighted by atomic mass is 16.5. The van der Waals surface area contributed by atoms with E-state index in [9.17, 15) is 14.4 Å². The number of piperazine rings is 1. The SMILES string of the molecule is CCOC(=O)c1ccc(N2CCN(C(C)=O)CC2)c(NC(=O)c2cccc(C)c2OC)c1. The Hall–Kier alpha value is -3.55. The highest BCUT2D eigenvalue weighted by molar-refractivity contribution is 6.08. The lowest BCUT2D eigenvalue weighted by atomic mass is 10.1. The third kappa shape index (κ3) is 5.01. The van der Waals surface area contributed by atoms with Gasteiger partial charge in [0.15, 0.2) is 0 Å². The van der Waals surface area contributed by atoms with E-state index in [0.29, 0.717) is 48.7 Å². The van der Waals surface area contributed by atoms with Crippen molar-refractivity contribution in [1.29, 1.82) is 0 Å². The summed E-state index contributed by atoms with van der Waals surface area (Å²) >= 11 is 0. The number of hydrogen-bond acceptors (Lipinski definition) is 6. The van der Waals surface area contributed by atoms with Gasteiger partial charge < -0.3 is 24.6 Å². The molecule has 0 aliphatic carbocycles. The monoisotopic (exact) mass is 439 g/mol. The van der Waals surface area contributed by atoms with Crippen molar-refractivity contribution in [2.45, 2.75) is 20.8 Å². The summed E-state index contributed by atoms with van der Waals surface area (Å²) in [5.74, 6) is -0.246. The number of methoxy groups -OCH3 is 1. The summed E-state index contributed by atoms with van der Waals surface area (Å²) in [7, 11) is 1.53. The van der Waals surface area contributed by atoms with Crippen LogP contribution in [0.2, 0.25) is 0 Å². The molecule has 1 aliphatic heterocycles. The van der Waals surface area contributed by atoms with E-state index in [4.69, 9.17) is 9.47 Å². The van der Waals surface area contributed by atoms with E-state index in [1.165, 1.54) is 7.11 Å². The van der Waals surface area contributed by atoms with Gasteiger partial charge in [-0.2, -0.15) is 0 Å². The van der Waals surface area contributed by atoms with Crippen molar-refractivity contribution in [2.75, 3.05) is 50.1 Å². The van der Waals surface area contributed by atoms with E-state index in [1.54, 1.807) is 49.1 Å². The van der Waals surface area contributed by atoms with Crippen LogP contribution in [0, 0.1) is 6.92 Å². The van der Waals surface area contributed by atoms with Crippen molar-refractivity contribution < 1.29 is 23.9 Å². The van der Waals surface area contributed by atoms with Crippen molar-refractivity contribution in [3.63, 3.8) is 0 Å². The van der Waals surface area contributed by atoms with Crippen LogP contribution in [0.3, 0.4) is 0 Å². The molecular weight excluding hydrogens is 410 g/mol. The normalized spacial score (nSPS) is 13.5. The molecule has 1 aliphatic rings. The Bertz CT molecular complexity index is 1010. The van der Waals surface area contributed by atoms with E-state index in [0.717, 1.165) is 11.3 Å². The Balaban J connectivity index is 1.93. The summed E-state index contributed by atoms with van der Waals surface area (Å²) in [5.41, 5.74) is 2.88. The molecule has 8 heteroatoms. The van der Waals surface area contributed by atoms with Gasteiger partial charge in [0.1, 0.15) is 5.75 Å². The summed E-state index contributed by atoms with van der Waals surface area (Å²) in [6, 6.07) is 10.5. The number of carbonyl (C=O) groups excluding carboxylic acids is 3. The maximum atomic E-state index is 13.2. The van der Waals surface area contributed by atoms with Gasteiger partial charge in [-0.05, 0) is 43.7 Å². The zero-order valence-corrected chi connectivity index (χ0v) is 18.9. The molecule has 1 fully saturated rings. The molecule has 0 spiro atoms. The molecule has 170 valence electrons. The predicted molar refractivity (Wildman–Crippen MR) is 123 cm³/mol. The average molecular weight is 440 g/mol. The number of hydrogen-bond donors (Lipinski definition) is 1. The first-order valence-electron chi connectivity index (χ1n) is 10.6. The van der Waals surface area contributed by atoms with Crippen LogP contribution in [0.15, 0.2) is 36.4 Å². The van der Waals surface area contributed by atoms with Crippen LogP contribution in [-0.4, -0.2) is 62.6 Å². The van der Waals surface area contributed by atoms with Crippen LogP contribution in [0.1, 0.15) is 40.1 Å². The highest BCUT2D eigenvalue weighted by Gasteiger charge is 2.23. The topological polar surface area (TPSA) is 88.2 Å². The van der Waals surface area contributed by atoms with Gasteiger partial charge in [0.2, 0.25) is 5.91 Å². The molecule has 0 radical (unpaired) electrons. The molecule has 0 aromatic heterocycles. The molecule has 0 unspecified atom stereocenters. The van der Waals surface area contributed by atoms with Crippen LogP contribution >= 0.6 is 0 Å². The standard InChI is InChI=1S/C24H29N3O5/c1-5-32-24(30)18-9-10-21(27-13-11-26(12-14-27)17(3)28)20(15-18)25-23(29)19-8-6-7-16(2)22(19)31-4/h6-10,15H,5,11-14H2,1-4H3,(H,25,29). The fourth-order valence-electron chi connectivity index (χ4n) is 3.81. The van der Waals surface area contributed by atoms with Crippen LogP contribution in [0.5, 0.6) is 5.75 Å². The van der Waals surface area contributed by atoms with Crippen molar-refractivity contribution >= 4 is 29.2 Å². The predicted octanol–water partition coefficient (Wildman–Crippen LogP) is 3.10. The number of nitrogens with one attached hydrogen (secondary N) is 1. The molecule has 8 nitrogen and oxygen atoms in total. The van der Waals surface area contributed by atoms with Crippen LogP contribution in [0.25, 0.3) is 0 Å². The lowest BCUT2D eigenvalue weighted by molar-refractivity contribution is -0.129. The van der Waals surface area contributed by atoms with Crippen molar-refractivity contribution in [2.24, 2.45) is 0 Å². The lowest BCUT2D eigenvalue weighted by Gasteiger charge is -2.36. The maximum absolute atomic E-state index is 13.2. The molecule has 32 heavy (non-hydrogen) atoms. The van der Waals surface area contributed by atoms with Gasteiger partial charge in [-0.15, -0.1) is 0 Å². The Morgan fingerprint density at radius 3 is 2.41 bits per heavy atom. The van der Waals surface area contributed by atoms with Crippen LogP contribution in [0.4, 0.5) is 11.4 Å². The van der Waals surface area contributed by atoms with Gasteiger partial charge in [0, 0.05) is 33.1 Å². The maximum Gasteiger partial charge on any atom is 0.338 e. The Kier molecular flexibility index (Phi) is 7.35. The van der Waals surface area contributed by atoms with Crippen molar-refractivity contribution in [1.82, 2.24) is 4.90 Å². The fraction of sp³-hybridized carbons (Fsp3) is 0.375. The first-order valence-corrected chi connectivity index (χ1v) is 10.6. The van der Waals surface area contributed by atoms with Gasteiger partial charge in [-0.3, -0.25) is 9.59 Å². The number of amides is 2. The first-order chi connectivity index (χ1) is 15.3. The van der Waals surface area contributed by atoms with Gasteiger partial charge >= 0.3 is 5.97 Å². The Morgan fingerprint density at radius 1 is 1.06 bits per heavy atom. The van der Waals surface area contributed by atoms with Crippen LogP contribution < -0.4 is 15.0 Å². The van der Waals surface area contributed by atoms with E-state index in [2.05, 4.69) is 10.2 Å². The average Bonchev–Trinajstić information content (AvgIpc) is 2.79. The summed E-state index contributed by atoms with van der Waals surface area (Å²) < 4.78 is 10.5. The number of nitrogens with zero attached hydrogens (tertiary/aromatic N) is 2.